The molecular weight excluding hydrogens is 398 g/mol. The first-order valence-electron chi connectivity index (χ1n) is 8.69. The van der Waals surface area contributed by atoms with E-state index in [2.05, 4.69) is 15.4 Å². The number of thiocarbonyl (C=S) groups is 1. The van der Waals surface area contributed by atoms with E-state index in [1.54, 1.807) is 50.2 Å². The molecule has 2 rings (SSSR count). The molecule has 9 heteroatoms. The molecule has 0 aliphatic carbocycles. The Kier molecular flexibility index (Phi) is 7.50. The van der Waals surface area contributed by atoms with Gasteiger partial charge in [-0.2, -0.15) is 0 Å². The number of anilines is 1. The van der Waals surface area contributed by atoms with E-state index >= 15 is 0 Å². The maximum atomic E-state index is 12.3. The molecule has 0 unspecified atom stereocenters. The maximum Gasteiger partial charge on any atom is 0.257 e. The lowest BCUT2D eigenvalue weighted by Crippen LogP contribution is -2.34. The third kappa shape index (κ3) is 6.29. The van der Waals surface area contributed by atoms with Crippen molar-refractivity contribution in [2.45, 2.75) is 31.7 Å². The second-order valence-corrected chi connectivity index (χ2v) is 8.29. The Morgan fingerprint density at radius 2 is 1.82 bits per heavy atom. The molecule has 28 heavy (non-hydrogen) atoms. The van der Waals surface area contributed by atoms with E-state index in [0.29, 0.717) is 23.6 Å². The Bertz CT molecular complexity index is 942. The van der Waals surface area contributed by atoms with Crippen molar-refractivity contribution in [2.24, 2.45) is 0 Å². The number of rotatable bonds is 7. The minimum absolute atomic E-state index is 0.0997. The van der Waals surface area contributed by atoms with Gasteiger partial charge in [0.1, 0.15) is 5.75 Å². The smallest absolute Gasteiger partial charge is 0.257 e. The first-order chi connectivity index (χ1) is 13.2. The molecule has 0 spiro atoms. The molecule has 0 bridgehead atoms. The van der Waals surface area contributed by atoms with Crippen LogP contribution in [-0.4, -0.2) is 32.1 Å². The molecule has 0 aliphatic heterocycles. The molecular formula is C19H23N3O4S2. The van der Waals surface area contributed by atoms with Crippen LogP contribution in [-0.2, 0) is 10.0 Å². The van der Waals surface area contributed by atoms with E-state index < -0.39 is 10.0 Å². The minimum atomic E-state index is -3.56. The Labute approximate surface area is 170 Å². The average Bonchev–Trinajstić information content (AvgIpc) is 2.61. The fraction of sp³-hybridized carbons (Fsp3) is 0.263. The van der Waals surface area contributed by atoms with E-state index in [1.165, 1.54) is 12.1 Å². The maximum absolute atomic E-state index is 12.3. The van der Waals surface area contributed by atoms with Gasteiger partial charge in [-0.25, -0.2) is 13.1 Å². The van der Waals surface area contributed by atoms with Gasteiger partial charge in [0.25, 0.3) is 5.91 Å². The van der Waals surface area contributed by atoms with Crippen LogP contribution in [0.25, 0.3) is 0 Å². The van der Waals surface area contributed by atoms with E-state index in [0.717, 1.165) is 0 Å². The summed E-state index contributed by atoms with van der Waals surface area (Å²) in [6.45, 7) is 5.86. The van der Waals surface area contributed by atoms with Crippen LogP contribution < -0.4 is 20.1 Å². The molecule has 3 N–H and O–H groups in total. The van der Waals surface area contributed by atoms with Crippen molar-refractivity contribution in [1.82, 2.24) is 10.0 Å². The highest BCUT2D eigenvalue weighted by atomic mass is 32.2. The van der Waals surface area contributed by atoms with Gasteiger partial charge < -0.3 is 10.1 Å². The number of sulfonamides is 1. The van der Waals surface area contributed by atoms with Gasteiger partial charge in [0.05, 0.1) is 11.5 Å². The summed E-state index contributed by atoms with van der Waals surface area (Å²) in [6.07, 6.45) is 0. The zero-order valence-electron chi connectivity index (χ0n) is 15.9. The summed E-state index contributed by atoms with van der Waals surface area (Å²) in [5, 5.41) is 5.53. The topological polar surface area (TPSA) is 96.5 Å². The Morgan fingerprint density at radius 1 is 1.14 bits per heavy atom. The van der Waals surface area contributed by atoms with Crippen LogP contribution in [0.1, 0.15) is 31.1 Å². The van der Waals surface area contributed by atoms with Gasteiger partial charge >= 0.3 is 0 Å². The van der Waals surface area contributed by atoms with Crippen LogP contribution in [0.4, 0.5) is 5.69 Å². The summed E-state index contributed by atoms with van der Waals surface area (Å²) >= 11 is 5.15. The van der Waals surface area contributed by atoms with Crippen molar-refractivity contribution in [3.05, 3.63) is 54.1 Å². The number of benzene rings is 2. The molecule has 0 fully saturated rings. The number of nitrogens with one attached hydrogen (secondary N) is 3. The standard InChI is InChI=1S/C19H23N3O4S2/c1-4-26-16-7-5-6-14(12-16)18(23)21-19(27)20-15-8-10-17(11-9-15)28(24,25)22-13(2)3/h5-13,22H,4H2,1-3H3,(H2,20,21,23,27). The van der Waals surface area contributed by atoms with Crippen LogP contribution in [0.2, 0.25) is 0 Å². The van der Waals surface area contributed by atoms with E-state index in [-0.39, 0.29) is 22.0 Å². The fourth-order valence-electron chi connectivity index (χ4n) is 2.33. The first-order valence-corrected chi connectivity index (χ1v) is 10.6. The number of ether oxygens (including phenoxy) is 1. The van der Waals surface area contributed by atoms with Crippen molar-refractivity contribution in [1.29, 1.82) is 0 Å². The predicted molar refractivity (Wildman–Crippen MR) is 113 cm³/mol. The van der Waals surface area contributed by atoms with Gasteiger partial charge in [0, 0.05) is 17.3 Å². The average molecular weight is 422 g/mol. The SMILES string of the molecule is CCOc1cccc(C(=O)NC(=S)Nc2ccc(S(=O)(=O)NC(C)C)cc2)c1. The molecule has 0 aliphatic rings. The Balaban J connectivity index is 1.99. The van der Waals surface area contributed by atoms with Crippen molar-refractivity contribution >= 4 is 38.9 Å². The summed E-state index contributed by atoms with van der Waals surface area (Å²) in [4.78, 5) is 12.5. The largest absolute Gasteiger partial charge is 0.494 e. The van der Waals surface area contributed by atoms with Crippen LogP contribution >= 0.6 is 12.2 Å². The lowest BCUT2D eigenvalue weighted by Gasteiger charge is -2.12. The number of carbonyl (C=O) groups excluding carboxylic acids is 1. The third-order valence-electron chi connectivity index (χ3n) is 3.45. The van der Waals surface area contributed by atoms with Crippen LogP contribution in [0.5, 0.6) is 5.75 Å². The van der Waals surface area contributed by atoms with Crippen molar-refractivity contribution in [3.8, 4) is 5.75 Å². The van der Waals surface area contributed by atoms with Gasteiger partial charge in [0.15, 0.2) is 5.11 Å². The zero-order valence-corrected chi connectivity index (χ0v) is 17.5. The lowest BCUT2D eigenvalue weighted by molar-refractivity contribution is 0.0977. The van der Waals surface area contributed by atoms with E-state index in [4.69, 9.17) is 17.0 Å². The number of carbonyl (C=O) groups is 1. The summed E-state index contributed by atoms with van der Waals surface area (Å²) in [5.41, 5.74) is 0.966. The van der Waals surface area contributed by atoms with Crippen molar-refractivity contribution < 1.29 is 17.9 Å². The summed E-state index contributed by atoms with van der Waals surface area (Å²) in [6, 6.07) is 12.6. The minimum Gasteiger partial charge on any atom is -0.494 e. The monoisotopic (exact) mass is 421 g/mol. The predicted octanol–water partition coefficient (Wildman–Crippen LogP) is 2.90. The molecule has 0 atom stereocenters. The second-order valence-electron chi connectivity index (χ2n) is 6.17. The summed E-state index contributed by atoms with van der Waals surface area (Å²) in [7, 11) is -3.56. The van der Waals surface area contributed by atoms with Crippen LogP contribution in [0.3, 0.4) is 0 Å². The number of hydrogen-bond donors (Lipinski definition) is 3. The highest BCUT2D eigenvalue weighted by Crippen LogP contribution is 2.15. The second kappa shape index (κ2) is 9.63. The molecule has 2 aromatic rings. The lowest BCUT2D eigenvalue weighted by atomic mass is 10.2. The normalized spacial score (nSPS) is 11.1. The Hall–Kier alpha value is -2.49. The summed E-state index contributed by atoms with van der Waals surface area (Å²) in [5.74, 6) is 0.222. The van der Waals surface area contributed by atoms with Crippen molar-refractivity contribution in [2.75, 3.05) is 11.9 Å². The molecule has 2 aromatic carbocycles. The first kappa shape index (κ1) is 21.8. The van der Waals surface area contributed by atoms with E-state index in [1.807, 2.05) is 6.92 Å². The molecule has 0 saturated carbocycles. The quantitative estimate of drug-likeness (QED) is 0.595. The fourth-order valence-corrected chi connectivity index (χ4v) is 3.79. The molecule has 150 valence electrons. The van der Waals surface area contributed by atoms with Gasteiger partial charge in [-0.15, -0.1) is 0 Å². The molecule has 1 amide bonds. The zero-order chi connectivity index (χ0) is 20.7. The van der Waals surface area contributed by atoms with Gasteiger partial charge in [0.2, 0.25) is 10.0 Å². The van der Waals surface area contributed by atoms with E-state index in [9.17, 15) is 13.2 Å². The molecule has 0 aromatic heterocycles. The highest BCUT2D eigenvalue weighted by molar-refractivity contribution is 7.89. The molecule has 0 heterocycles. The summed E-state index contributed by atoms with van der Waals surface area (Å²) < 4.78 is 32.1. The number of hydrogen-bond acceptors (Lipinski definition) is 5. The van der Waals surface area contributed by atoms with Crippen molar-refractivity contribution in [3.63, 3.8) is 0 Å². The highest BCUT2D eigenvalue weighted by Gasteiger charge is 2.15. The Morgan fingerprint density at radius 3 is 2.43 bits per heavy atom. The molecule has 0 saturated heterocycles. The van der Waals surface area contributed by atoms with Gasteiger partial charge in [-0.1, -0.05) is 6.07 Å². The van der Waals surface area contributed by atoms with Crippen LogP contribution in [0.15, 0.2) is 53.4 Å². The van der Waals surface area contributed by atoms with Gasteiger partial charge in [-0.05, 0) is 75.5 Å². The van der Waals surface area contributed by atoms with Crippen LogP contribution in [0, 0.1) is 0 Å². The third-order valence-corrected chi connectivity index (χ3v) is 5.33. The molecule has 0 radical (unpaired) electrons. The number of amides is 1. The molecule has 7 nitrogen and oxygen atoms in total. The van der Waals surface area contributed by atoms with Gasteiger partial charge in [-0.3, -0.25) is 10.1 Å².